The number of hydrogen-bond acceptors (Lipinski definition) is 8. The first-order valence-electron chi connectivity index (χ1n) is 10.8. The third-order valence-electron chi connectivity index (χ3n) is 5.79. The van der Waals surface area contributed by atoms with Gasteiger partial charge in [-0.2, -0.15) is 0 Å². The van der Waals surface area contributed by atoms with Gasteiger partial charge < -0.3 is 24.2 Å². The number of aromatic carboxylic acids is 1. The zero-order chi connectivity index (χ0) is 25.3. The van der Waals surface area contributed by atoms with Crippen molar-refractivity contribution in [3.8, 4) is 11.3 Å². The Kier molecular flexibility index (Phi) is 6.52. The smallest absolute Gasteiger partial charge is 0.355 e. The maximum absolute atomic E-state index is 12.5. The number of rotatable bonds is 5. The Morgan fingerprint density at radius 1 is 1.00 bits per heavy atom. The van der Waals surface area contributed by atoms with E-state index in [0.29, 0.717) is 27.8 Å². The summed E-state index contributed by atoms with van der Waals surface area (Å²) in [6.07, 6.45) is 0. The zero-order valence-corrected chi connectivity index (χ0v) is 19.7. The molecule has 1 aliphatic heterocycles. The molecule has 3 aromatic rings. The van der Waals surface area contributed by atoms with Gasteiger partial charge in [0, 0.05) is 16.6 Å². The highest BCUT2D eigenvalue weighted by Crippen LogP contribution is 2.31. The van der Waals surface area contributed by atoms with E-state index in [-0.39, 0.29) is 30.2 Å². The van der Waals surface area contributed by atoms with E-state index in [1.165, 1.54) is 19.1 Å². The second-order valence-electron chi connectivity index (χ2n) is 8.10. The molecule has 180 valence electrons. The van der Waals surface area contributed by atoms with Crippen molar-refractivity contribution in [1.29, 1.82) is 0 Å². The molecule has 2 heterocycles. The molecule has 35 heavy (non-hydrogen) atoms. The van der Waals surface area contributed by atoms with E-state index in [4.69, 9.17) is 19.2 Å². The molecule has 9 nitrogen and oxygen atoms in total. The fourth-order valence-corrected chi connectivity index (χ4v) is 4.17. The molecule has 0 atom stereocenters. The lowest BCUT2D eigenvalue weighted by Gasteiger charge is -2.31. The number of carbonyl (C=O) groups excluding carboxylic acids is 2. The Hall–Kier alpha value is -4.24. The van der Waals surface area contributed by atoms with Gasteiger partial charge in [0.15, 0.2) is 0 Å². The van der Waals surface area contributed by atoms with Crippen LogP contribution in [0.15, 0.2) is 53.7 Å². The second-order valence-corrected chi connectivity index (χ2v) is 8.10. The molecule has 1 N–H and O–H groups in total. The van der Waals surface area contributed by atoms with Gasteiger partial charge in [0.2, 0.25) is 0 Å². The van der Waals surface area contributed by atoms with Crippen molar-refractivity contribution in [2.75, 3.05) is 32.5 Å². The lowest BCUT2D eigenvalue weighted by atomic mass is 9.99. The van der Waals surface area contributed by atoms with Crippen molar-refractivity contribution >= 4 is 34.5 Å². The lowest BCUT2D eigenvalue weighted by molar-refractivity contribution is -0.140. The van der Waals surface area contributed by atoms with Crippen LogP contribution in [0.3, 0.4) is 0 Å². The van der Waals surface area contributed by atoms with E-state index in [1.54, 1.807) is 30.3 Å². The maximum atomic E-state index is 12.5. The van der Waals surface area contributed by atoms with Crippen LogP contribution in [-0.2, 0) is 23.8 Å². The lowest BCUT2D eigenvalue weighted by Crippen LogP contribution is -2.38. The molecule has 0 fully saturated rings. The van der Waals surface area contributed by atoms with Crippen molar-refractivity contribution in [3.05, 3.63) is 70.4 Å². The summed E-state index contributed by atoms with van der Waals surface area (Å²) in [4.78, 5) is 42.9. The third-order valence-corrected chi connectivity index (χ3v) is 5.79. The Balaban J connectivity index is 1.78. The zero-order valence-electron chi connectivity index (χ0n) is 19.7. The van der Waals surface area contributed by atoms with Gasteiger partial charge in [0.05, 0.1) is 43.2 Å². The Morgan fingerprint density at radius 2 is 1.69 bits per heavy atom. The van der Waals surface area contributed by atoms with Crippen LogP contribution in [0.2, 0.25) is 0 Å². The molecule has 0 radical (unpaired) electrons. The molecule has 2 aromatic carbocycles. The standard InChI is InChI=1S/C26H24N2O7/c1-14-9-15(2)22-18(10-14)19(24(29)30)11-21(27-22)16-5-7-17(8-6-16)28-13-35-12-20(25(31)33-3)23(28)26(32)34-4/h5-11H,12-13H2,1-4H3,(H,29,30). The summed E-state index contributed by atoms with van der Waals surface area (Å²) < 4.78 is 15.2. The van der Waals surface area contributed by atoms with E-state index in [2.05, 4.69) is 0 Å². The average Bonchev–Trinajstić information content (AvgIpc) is 2.86. The van der Waals surface area contributed by atoms with E-state index < -0.39 is 17.9 Å². The van der Waals surface area contributed by atoms with E-state index in [9.17, 15) is 19.5 Å². The first-order valence-corrected chi connectivity index (χ1v) is 10.8. The summed E-state index contributed by atoms with van der Waals surface area (Å²) in [6.45, 7) is 3.76. The number of carboxylic acids is 1. The summed E-state index contributed by atoms with van der Waals surface area (Å²) in [5.41, 5.74) is 4.50. The van der Waals surface area contributed by atoms with Gasteiger partial charge in [0.25, 0.3) is 0 Å². The van der Waals surface area contributed by atoms with Crippen LogP contribution < -0.4 is 4.90 Å². The SMILES string of the molecule is COC(=O)C1=C(C(=O)OC)N(c2ccc(-c3cc(C(=O)O)c4cc(C)cc(C)c4n3)cc2)COC1. The minimum Gasteiger partial charge on any atom is -0.478 e. The van der Waals surface area contributed by atoms with Gasteiger partial charge in [0.1, 0.15) is 12.4 Å². The van der Waals surface area contributed by atoms with Gasteiger partial charge >= 0.3 is 17.9 Å². The number of carboxylic acid groups (broad SMARTS) is 1. The number of fused-ring (bicyclic) bond motifs is 1. The van der Waals surface area contributed by atoms with Crippen molar-refractivity contribution in [2.45, 2.75) is 13.8 Å². The number of pyridine rings is 1. The fourth-order valence-electron chi connectivity index (χ4n) is 4.17. The summed E-state index contributed by atoms with van der Waals surface area (Å²) in [6, 6.07) is 12.3. The molecule has 0 aliphatic carbocycles. The second kappa shape index (κ2) is 9.55. The van der Waals surface area contributed by atoms with Crippen molar-refractivity contribution in [3.63, 3.8) is 0 Å². The van der Waals surface area contributed by atoms with Gasteiger partial charge in [-0.1, -0.05) is 23.8 Å². The number of aromatic nitrogens is 1. The van der Waals surface area contributed by atoms with Crippen LogP contribution in [0, 0.1) is 13.8 Å². The first-order chi connectivity index (χ1) is 16.7. The molecular formula is C26H24N2O7. The van der Waals surface area contributed by atoms with E-state index >= 15 is 0 Å². The van der Waals surface area contributed by atoms with Crippen LogP contribution in [-0.4, -0.2) is 55.6 Å². The number of esters is 2. The number of nitrogens with zero attached hydrogens (tertiary/aromatic N) is 2. The Bertz CT molecular complexity index is 1380. The summed E-state index contributed by atoms with van der Waals surface area (Å²) in [5, 5.41) is 10.4. The highest BCUT2D eigenvalue weighted by atomic mass is 16.5. The minimum atomic E-state index is -1.03. The van der Waals surface area contributed by atoms with Crippen molar-refractivity contribution in [2.24, 2.45) is 0 Å². The maximum Gasteiger partial charge on any atom is 0.355 e. The number of methoxy groups -OCH3 is 2. The molecular weight excluding hydrogens is 452 g/mol. The fraction of sp³-hybridized carbons (Fsp3) is 0.231. The quantitative estimate of drug-likeness (QED) is 0.551. The van der Waals surface area contributed by atoms with Gasteiger partial charge in [-0.15, -0.1) is 0 Å². The number of anilines is 1. The molecule has 0 bridgehead atoms. The van der Waals surface area contributed by atoms with Crippen LogP contribution in [0.4, 0.5) is 5.69 Å². The predicted molar refractivity (Wildman–Crippen MR) is 128 cm³/mol. The number of hydrogen-bond donors (Lipinski definition) is 1. The molecule has 0 unspecified atom stereocenters. The van der Waals surface area contributed by atoms with Gasteiger partial charge in [-0.05, 0) is 43.7 Å². The Labute approximate surface area is 201 Å². The molecule has 0 amide bonds. The largest absolute Gasteiger partial charge is 0.478 e. The average molecular weight is 476 g/mol. The predicted octanol–water partition coefficient (Wildman–Crippen LogP) is 3.61. The van der Waals surface area contributed by atoms with E-state index in [0.717, 1.165) is 11.1 Å². The summed E-state index contributed by atoms with van der Waals surface area (Å²) >= 11 is 0. The Morgan fingerprint density at radius 3 is 2.31 bits per heavy atom. The molecule has 4 rings (SSSR count). The number of benzene rings is 2. The molecule has 1 aromatic heterocycles. The number of aryl methyl sites for hydroxylation is 2. The molecule has 0 saturated heterocycles. The minimum absolute atomic E-state index is 0.0280. The van der Waals surface area contributed by atoms with E-state index in [1.807, 2.05) is 26.0 Å². The number of ether oxygens (including phenoxy) is 3. The normalized spacial score (nSPS) is 13.7. The monoisotopic (exact) mass is 476 g/mol. The molecule has 9 heteroatoms. The van der Waals surface area contributed by atoms with Crippen LogP contribution in [0.1, 0.15) is 21.5 Å². The van der Waals surface area contributed by atoms with Crippen LogP contribution >= 0.6 is 0 Å². The van der Waals surface area contributed by atoms with Gasteiger partial charge in [-0.25, -0.2) is 19.4 Å². The van der Waals surface area contributed by atoms with Crippen molar-refractivity contribution < 1.29 is 33.7 Å². The highest BCUT2D eigenvalue weighted by Gasteiger charge is 2.32. The summed E-state index contributed by atoms with van der Waals surface area (Å²) in [7, 11) is 2.46. The molecule has 1 aliphatic rings. The molecule has 0 saturated carbocycles. The number of carbonyl (C=O) groups is 3. The first kappa shape index (κ1) is 23.9. The van der Waals surface area contributed by atoms with Crippen LogP contribution in [0.5, 0.6) is 0 Å². The molecule has 0 spiro atoms. The topological polar surface area (TPSA) is 115 Å². The highest BCUT2D eigenvalue weighted by molar-refractivity contribution is 6.05. The van der Waals surface area contributed by atoms with Crippen molar-refractivity contribution in [1.82, 2.24) is 4.98 Å². The summed E-state index contributed by atoms with van der Waals surface area (Å²) in [5.74, 6) is -2.40. The third kappa shape index (κ3) is 4.45. The van der Waals surface area contributed by atoms with Gasteiger partial charge in [-0.3, -0.25) is 0 Å². The van der Waals surface area contributed by atoms with Crippen LogP contribution in [0.25, 0.3) is 22.2 Å².